The van der Waals surface area contributed by atoms with Gasteiger partial charge < -0.3 is 0 Å². The van der Waals surface area contributed by atoms with Crippen molar-refractivity contribution < 1.29 is 4.79 Å². The maximum Gasteiger partial charge on any atom is 0.184 e. The molecule has 1 fully saturated rings. The van der Waals surface area contributed by atoms with Gasteiger partial charge in [-0.15, -0.1) is 0 Å². The van der Waals surface area contributed by atoms with Gasteiger partial charge in [-0.3, -0.25) is 9.78 Å². The first-order valence-corrected chi connectivity index (χ1v) is 7.17. The number of ketones is 1. The highest BCUT2D eigenvalue weighted by Crippen LogP contribution is 2.34. The molecule has 17 heavy (non-hydrogen) atoms. The SMILES string of the molecule is CCC1CCCCC1C(=O)c1ccc(Br)cn1. The van der Waals surface area contributed by atoms with Crippen LogP contribution in [0.5, 0.6) is 0 Å². The molecule has 0 N–H and O–H groups in total. The van der Waals surface area contributed by atoms with Gasteiger partial charge in [-0.25, -0.2) is 0 Å². The van der Waals surface area contributed by atoms with Crippen molar-refractivity contribution in [1.29, 1.82) is 0 Å². The summed E-state index contributed by atoms with van der Waals surface area (Å²) in [6.45, 7) is 2.19. The first-order chi connectivity index (χ1) is 8.22. The molecule has 0 amide bonds. The average Bonchev–Trinajstić information content (AvgIpc) is 2.39. The van der Waals surface area contributed by atoms with E-state index in [0.717, 1.165) is 17.3 Å². The molecule has 2 nitrogen and oxygen atoms in total. The first-order valence-electron chi connectivity index (χ1n) is 6.38. The van der Waals surface area contributed by atoms with E-state index in [1.165, 1.54) is 19.3 Å². The van der Waals surface area contributed by atoms with Crippen LogP contribution in [0.4, 0.5) is 0 Å². The molecule has 2 atom stereocenters. The van der Waals surface area contributed by atoms with Crippen LogP contribution >= 0.6 is 15.9 Å². The molecule has 0 bridgehead atoms. The lowest BCUT2D eigenvalue weighted by molar-refractivity contribution is 0.0815. The van der Waals surface area contributed by atoms with E-state index >= 15 is 0 Å². The summed E-state index contributed by atoms with van der Waals surface area (Å²) >= 11 is 3.34. The molecule has 0 radical (unpaired) electrons. The normalized spacial score (nSPS) is 24.6. The zero-order valence-corrected chi connectivity index (χ0v) is 11.7. The van der Waals surface area contributed by atoms with Crippen LogP contribution in [0.1, 0.15) is 49.5 Å². The van der Waals surface area contributed by atoms with Gasteiger partial charge in [0, 0.05) is 16.6 Å². The molecule has 1 aromatic heterocycles. The minimum atomic E-state index is 0.197. The standard InChI is InChI=1S/C14H18BrNO/c1-2-10-5-3-4-6-12(10)14(17)13-8-7-11(15)9-16-13/h7-10,12H,2-6H2,1H3. The van der Waals surface area contributed by atoms with Crippen LogP contribution in [0, 0.1) is 11.8 Å². The van der Waals surface area contributed by atoms with Gasteiger partial charge in [-0.2, -0.15) is 0 Å². The van der Waals surface area contributed by atoms with Gasteiger partial charge in [0.05, 0.1) is 0 Å². The Morgan fingerprint density at radius 3 is 2.82 bits per heavy atom. The number of halogens is 1. The summed E-state index contributed by atoms with van der Waals surface area (Å²) in [6, 6.07) is 3.72. The average molecular weight is 296 g/mol. The Bertz CT molecular complexity index is 388. The quantitative estimate of drug-likeness (QED) is 0.781. The minimum absolute atomic E-state index is 0.197. The van der Waals surface area contributed by atoms with E-state index in [1.54, 1.807) is 6.20 Å². The van der Waals surface area contributed by atoms with Gasteiger partial charge in [0.1, 0.15) is 5.69 Å². The maximum atomic E-state index is 12.4. The van der Waals surface area contributed by atoms with E-state index in [4.69, 9.17) is 0 Å². The number of pyridine rings is 1. The van der Waals surface area contributed by atoms with Crippen molar-refractivity contribution in [2.75, 3.05) is 0 Å². The second-order valence-electron chi connectivity index (χ2n) is 4.79. The number of carbonyl (C=O) groups is 1. The van der Waals surface area contributed by atoms with Gasteiger partial charge in [0.15, 0.2) is 5.78 Å². The summed E-state index contributed by atoms with van der Waals surface area (Å²) in [5.74, 6) is 0.994. The third-order valence-electron chi connectivity index (χ3n) is 3.75. The molecule has 2 rings (SSSR count). The summed E-state index contributed by atoms with van der Waals surface area (Å²) in [7, 11) is 0. The second kappa shape index (κ2) is 5.76. The molecule has 0 aromatic carbocycles. The van der Waals surface area contributed by atoms with Crippen molar-refractivity contribution in [3.63, 3.8) is 0 Å². The van der Waals surface area contributed by atoms with Crippen LogP contribution in [0.15, 0.2) is 22.8 Å². The van der Waals surface area contributed by atoms with Gasteiger partial charge in [0.25, 0.3) is 0 Å². The molecule has 1 aliphatic carbocycles. The van der Waals surface area contributed by atoms with E-state index in [-0.39, 0.29) is 11.7 Å². The summed E-state index contributed by atoms with van der Waals surface area (Å²) in [6.07, 6.45) is 7.50. The fraction of sp³-hybridized carbons (Fsp3) is 0.571. The largest absolute Gasteiger partial charge is 0.292 e. The number of hydrogen-bond donors (Lipinski definition) is 0. The minimum Gasteiger partial charge on any atom is -0.292 e. The zero-order valence-electron chi connectivity index (χ0n) is 10.2. The topological polar surface area (TPSA) is 30.0 Å². The van der Waals surface area contributed by atoms with E-state index in [1.807, 2.05) is 12.1 Å². The van der Waals surface area contributed by atoms with Crippen molar-refractivity contribution >= 4 is 21.7 Å². The van der Waals surface area contributed by atoms with Crippen molar-refractivity contribution in [3.8, 4) is 0 Å². The van der Waals surface area contributed by atoms with Crippen molar-refractivity contribution in [3.05, 3.63) is 28.5 Å². The second-order valence-corrected chi connectivity index (χ2v) is 5.70. The molecule has 2 unspecified atom stereocenters. The predicted molar refractivity (Wildman–Crippen MR) is 72.0 cm³/mol. The van der Waals surface area contributed by atoms with Crippen molar-refractivity contribution in [2.45, 2.75) is 39.0 Å². The highest BCUT2D eigenvalue weighted by Gasteiger charge is 2.30. The fourth-order valence-corrected chi connectivity index (χ4v) is 2.99. The van der Waals surface area contributed by atoms with Crippen LogP contribution < -0.4 is 0 Å². The van der Waals surface area contributed by atoms with Gasteiger partial charge >= 0.3 is 0 Å². The zero-order chi connectivity index (χ0) is 12.3. The smallest absolute Gasteiger partial charge is 0.184 e. The van der Waals surface area contributed by atoms with Gasteiger partial charge in [-0.05, 0) is 46.8 Å². The molecule has 1 heterocycles. The lowest BCUT2D eigenvalue weighted by Gasteiger charge is -2.29. The summed E-state index contributed by atoms with van der Waals surface area (Å²) in [5.41, 5.74) is 0.624. The van der Waals surface area contributed by atoms with Crippen molar-refractivity contribution in [2.24, 2.45) is 11.8 Å². The molecule has 1 saturated carbocycles. The highest BCUT2D eigenvalue weighted by molar-refractivity contribution is 9.10. The third-order valence-corrected chi connectivity index (χ3v) is 4.22. The molecular formula is C14H18BrNO. The molecule has 92 valence electrons. The Morgan fingerprint density at radius 1 is 1.41 bits per heavy atom. The summed E-state index contributed by atoms with van der Waals surface area (Å²) in [5, 5.41) is 0. The first kappa shape index (κ1) is 12.7. The van der Waals surface area contributed by atoms with E-state index in [9.17, 15) is 4.79 Å². The molecule has 0 saturated heterocycles. The fourth-order valence-electron chi connectivity index (χ4n) is 2.75. The van der Waals surface area contributed by atoms with Crippen LogP contribution in [0.3, 0.4) is 0 Å². The van der Waals surface area contributed by atoms with Crippen LogP contribution in [0.25, 0.3) is 0 Å². The molecule has 0 spiro atoms. The molecule has 3 heteroatoms. The predicted octanol–water partition coefficient (Wildman–Crippen LogP) is 4.24. The monoisotopic (exact) mass is 295 g/mol. The Morgan fingerprint density at radius 2 is 2.18 bits per heavy atom. The van der Waals surface area contributed by atoms with Crippen LogP contribution in [-0.2, 0) is 0 Å². The van der Waals surface area contributed by atoms with Gasteiger partial charge in [0.2, 0.25) is 0 Å². The van der Waals surface area contributed by atoms with E-state index in [0.29, 0.717) is 11.6 Å². The number of hydrogen-bond acceptors (Lipinski definition) is 2. The van der Waals surface area contributed by atoms with Gasteiger partial charge in [-0.1, -0.05) is 26.2 Å². The molecule has 1 aromatic rings. The Kier molecular flexibility index (Phi) is 4.32. The van der Waals surface area contributed by atoms with Crippen molar-refractivity contribution in [1.82, 2.24) is 4.98 Å². The lowest BCUT2D eigenvalue weighted by atomic mass is 9.75. The third kappa shape index (κ3) is 2.95. The van der Waals surface area contributed by atoms with E-state index < -0.39 is 0 Å². The molecule has 0 aliphatic heterocycles. The molecule has 1 aliphatic rings. The molecular weight excluding hydrogens is 278 g/mol. The number of nitrogens with zero attached hydrogens (tertiary/aromatic N) is 1. The summed E-state index contributed by atoms with van der Waals surface area (Å²) < 4.78 is 0.921. The summed E-state index contributed by atoms with van der Waals surface area (Å²) in [4.78, 5) is 16.6. The van der Waals surface area contributed by atoms with Crippen LogP contribution in [-0.4, -0.2) is 10.8 Å². The van der Waals surface area contributed by atoms with E-state index in [2.05, 4.69) is 27.8 Å². The lowest BCUT2D eigenvalue weighted by Crippen LogP contribution is -2.27. The van der Waals surface area contributed by atoms with Crippen LogP contribution in [0.2, 0.25) is 0 Å². The number of aromatic nitrogens is 1. The Labute approximate surface area is 111 Å². The number of Topliss-reactive ketones (excluding diaryl/α,β-unsaturated/α-hetero) is 1. The maximum absolute atomic E-state index is 12.4. The highest BCUT2D eigenvalue weighted by atomic mass is 79.9. The Balaban J connectivity index is 2.15. The number of carbonyl (C=O) groups excluding carboxylic acids is 1. The Hall–Kier alpha value is -0.700. The number of rotatable bonds is 3.